The zero-order valence-electron chi connectivity index (χ0n) is 8.91. The molecule has 0 aliphatic carbocycles. The molecule has 14 heavy (non-hydrogen) atoms. The number of benzene rings is 1. The van der Waals surface area contributed by atoms with E-state index in [0.29, 0.717) is 0 Å². The molecule has 1 atom stereocenters. The van der Waals surface area contributed by atoms with Crippen LogP contribution in [0.1, 0.15) is 6.92 Å². The number of thioether (sulfide) groups is 1. The summed E-state index contributed by atoms with van der Waals surface area (Å²) >= 11 is 1.75. The van der Waals surface area contributed by atoms with Gasteiger partial charge in [0.15, 0.2) is 0 Å². The van der Waals surface area contributed by atoms with E-state index in [1.807, 2.05) is 6.92 Å². The van der Waals surface area contributed by atoms with Crippen LogP contribution in [0.4, 0.5) is 5.69 Å². The molecule has 0 amide bonds. The van der Waals surface area contributed by atoms with Gasteiger partial charge in [0.05, 0.1) is 6.10 Å². The molecule has 1 unspecified atom stereocenters. The van der Waals surface area contributed by atoms with Crippen LogP contribution in [0, 0.1) is 0 Å². The van der Waals surface area contributed by atoms with Crippen molar-refractivity contribution in [3.8, 4) is 0 Å². The quantitative estimate of drug-likeness (QED) is 0.757. The number of hydrogen-bond acceptors (Lipinski definition) is 3. The summed E-state index contributed by atoms with van der Waals surface area (Å²) in [5, 5.41) is 3.33. The third-order valence-corrected chi connectivity index (χ3v) is 2.79. The van der Waals surface area contributed by atoms with Crippen molar-refractivity contribution in [2.75, 3.05) is 25.2 Å². The van der Waals surface area contributed by atoms with Crippen molar-refractivity contribution in [1.82, 2.24) is 0 Å². The van der Waals surface area contributed by atoms with Crippen LogP contribution in [0.15, 0.2) is 29.2 Å². The Kier molecular flexibility index (Phi) is 4.84. The SMILES string of the molecule is COC(C)CNc1cccc(SC)c1. The van der Waals surface area contributed by atoms with Crippen molar-refractivity contribution in [1.29, 1.82) is 0 Å². The van der Waals surface area contributed by atoms with Gasteiger partial charge in [-0.2, -0.15) is 0 Å². The zero-order valence-corrected chi connectivity index (χ0v) is 9.73. The Morgan fingerprint density at radius 1 is 1.50 bits per heavy atom. The average molecular weight is 211 g/mol. The van der Waals surface area contributed by atoms with Gasteiger partial charge in [0.25, 0.3) is 0 Å². The predicted molar refractivity (Wildman–Crippen MR) is 63.2 cm³/mol. The van der Waals surface area contributed by atoms with Gasteiger partial charge in [-0.05, 0) is 31.4 Å². The van der Waals surface area contributed by atoms with E-state index in [9.17, 15) is 0 Å². The van der Waals surface area contributed by atoms with Crippen LogP contribution in [-0.2, 0) is 4.74 Å². The number of nitrogens with one attached hydrogen (secondary N) is 1. The van der Waals surface area contributed by atoms with Crippen LogP contribution in [0.5, 0.6) is 0 Å². The highest BCUT2D eigenvalue weighted by Gasteiger charge is 1.99. The standard InChI is InChI=1S/C11H17NOS/c1-9(13-2)8-12-10-5-4-6-11(7-10)14-3/h4-7,9,12H,8H2,1-3H3. The molecule has 0 fully saturated rings. The van der Waals surface area contributed by atoms with Gasteiger partial charge in [-0.1, -0.05) is 6.07 Å². The molecule has 0 saturated carbocycles. The largest absolute Gasteiger partial charge is 0.382 e. The lowest BCUT2D eigenvalue weighted by atomic mass is 10.3. The normalized spacial score (nSPS) is 12.5. The predicted octanol–water partition coefficient (Wildman–Crippen LogP) is 2.86. The average Bonchev–Trinajstić information content (AvgIpc) is 2.26. The van der Waals surface area contributed by atoms with E-state index >= 15 is 0 Å². The van der Waals surface area contributed by atoms with Gasteiger partial charge in [-0.15, -0.1) is 11.8 Å². The molecule has 1 aromatic carbocycles. The van der Waals surface area contributed by atoms with E-state index in [2.05, 4.69) is 35.8 Å². The van der Waals surface area contributed by atoms with Crippen LogP contribution in [0.2, 0.25) is 0 Å². The summed E-state index contributed by atoms with van der Waals surface area (Å²) in [6, 6.07) is 8.39. The third kappa shape index (κ3) is 3.60. The monoisotopic (exact) mass is 211 g/mol. The molecule has 1 N–H and O–H groups in total. The Bertz CT molecular complexity index is 278. The lowest BCUT2D eigenvalue weighted by Crippen LogP contribution is -2.17. The molecule has 0 aliphatic rings. The minimum Gasteiger partial charge on any atom is -0.382 e. The second-order valence-corrected chi connectivity index (χ2v) is 4.04. The van der Waals surface area contributed by atoms with Crippen molar-refractivity contribution in [3.05, 3.63) is 24.3 Å². The fourth-order valence-electron chi connectivity index (χ4n) is 1.08. The van der Waals surface area contributed by atoms with Crippen molar-refractivity contribution in [3.63, 3.8) is 0 Å². The molecule has 0 aromatic heterocycles. The third-order valence-electron chi connectivity index (χ3n) is 2.07. The van der Waals surface area contributed by atoms with Crippen LogP contribution >= 0.6 is 11.8 Å². The summed E-state index contributed by atoms with van der Waals surface area (Å²) in [6.45, 7) is 2.89. The second-order valence-electron chi connectivity index (χ2n) is 3.16. The summed E-state index contributed by atoms with van der Waals surface area (Å²) in [5.41, 5.74) is 1.15. The van der Waals surface area contributed by atoms with Crippen LogP contribution in [0.25, 0.3) is 0 Å². The Hall–Kier alpha value is -0.670. The summed E-state index contributed by atoms with van der Waals surface area (Å²) in [4.78, 5) is 1.28. The zero-order chi connectivity index (χ0) is 10.4. The van der Waals surface area contributed by atoms with E-state index in [1.54, 1.807) is 18.9 Å². The first-order valence-corrected chi connectivity index (χ1v) is 5.89. The minimum absolute atomic E-state index is 0.243. The maximum absolute atomic E-state index is 5.16. The Morgan fingerprint density at radius 2 is 2.29 bits per heavy atom. The molecule has 0 radical (unpaired) electrons. The lowest BCUT2D eigenvalue weighted by Gasteiger charge is -2.12. The minimum atomic E-state index is 0.243. The van der Waals surface area contributed by atoms with Gasteiger partial charge in [0.1, 0.15) is 0 Å². The highest BCUT2D eigenvalue weighted by molar-refractivity contribution is 7.98. The first-order valence-electron chi connectivity index (χ1n) is 4.67. The van der Waals surface area contributed by atoms with Crippen LogP contribution in [-0.4, -0.2) is 26.0 Å². The van der Waals surface area contributed by atoms with Crippen LogP contribution in [0.3, 0.4) is 0 Å². The lowest BCUT2D eigenvalue weighted by molar-refractivity contribution is 0.129. The number of methoxy groups -OCH3 is 1. The van der Waals surface area contributed by atoms with E-state index in [1.165, 1.54) is 4.90 Å². The molecule has 0 saturated heterocycles. The Morgan fingerprint density at radius 3 is 2.93 bits per heavy atom. The number of anilines is 1. The molecule has 1 aromatic rings. The topological polar surface area (TPSA) is 21.3 Å². The Balaban J connectivity index is 2.50. The fourth-order valence-corrected chi connectivity index (χ4v) is 1.54. The number of ether oxygens (including phenoxy) is 1. The number of rotatable bonds is 5. The first kappa shape index (κ1) is 11.4. The summed E-state index contributed by atoms with van der Waals surface area (Å²) in [7, 11) is 1.73. The molecule has 3 heteroatoms. The maximum atomic E-state index is 5.16. The highest BCUT2D eigenvalue weighted by Crippen LogP contribution is 2.18. The Labute approximate surface area is 90.0 Å². The van der Waals surface area contributed by atoms with Crippen molar-refractivity contribution >= 4 is 17.4 Å². The van der Waals surface area contributed by atoms with E-state index in [0.717, 1.165) is 12.2 Å². The van der Waals surface area contributed by atoms with E-state index in [-0.39, 0.29) is 6.10 Å². The van der Waals surface area contributed by atoms with Gasteiger partial charge in [-0.25, -0.2) is 0 Å². The fraction of sp³-hybridized carbons (Fsp3) is 0.455. The van der Waals surface area contributed by atoms with Gasteiger partial charge in [0, 0.05) is 24.2 Å². The number of hydrogen-bond donors (Lipinski definition) is 1. The van der Waals surface area contributed by atoms with Gasteiger partial charge >= 0.3 is 0 Å². The van der Waals surface area contributed by atoms with Crippen molar-refractivity contribution in [2.24, 2.45) is 0 Å². The van der Waals surface area contributed by atoms with E-state index in [4.69, 9.17) is 4.74 Å². The molecule has 1 rings (SSSR count). The molecule has 0 heterocycles. The van der Waals surface area contributed by atoms with Gasteiger partial charge < -0.3 is 10.1 Å². The highest BCUT2D eigenvalue weighted by atomic mass is 32.2. The first-order chi connectivity index (χ1) is 6.76. The molecule has 78 valence electrons. The van der Waals surface area contributed by atoms with Gasteiger partial charge in [-0.3, -0.25) is 0 Å². The van der Waals surface area contributed by atoms with Gasteiger partial charge in [0.2, 0.25) is 0 Å². The van der Waals surface area contributed by atoms with Crippen molar-refractivity contribution in [2.45, 2.75) is 17.9 Å². The second kappa shape index (κ2) is 5.94. The summed E-state index contributed by atoms with van der Waals surface area (Å²) in [6.07, 6.45) is 2.32. The van der Waals surface area contributed by atoms with Crippen LogP contribution < -0.4 is 5.32 Å². The molecule has 0 bridgehead atoms. The summed E-state index contributed by atoms with van der Waals surface area (Å²) in [5.74, 6) is 0. The molecule has 0 aliphatic heterocycles. The van der Waals surface area contributed by atoms with Crippen molar-refractivity contribution < 1.29 is 4.74 Å². The maximum Gasteiger partial charge on any atom is 0.0715 e. The molecule has 2 nitrogen and oxygen atoms in total. The molecule has 0 spiro atoms. The summed E-state index contributed by atoms with van der Waals surface area (Å²) < 4.78 is 5.16. The van der Waals surface area contributed by atoms with E-state index < -0.39 is 0 Å². The molecular formula is C11H17NOS. The molecular weight excluding hydrogens is 194 g/mol. The smallest absolute Gasteiger partial charge is 0.0715 e.